The van der Waals surface area contributed by atoms with Crippen molar-refractivity contribution < 1.29 is 28.6 Å². The van der Waals surface area contributed by atoms with E-state index in [2.05, 4.69) is 10.3 Å². The summed E-state index contributed by atoms with van der Waals surface area (Å²) in [5, 5.41) is 14.1. The number of rotatable bonds is 8. The number of phenolic OH excluding ortho intramolecular Hbond substituents is 1. The van der Waals surface area contributed by atoms with E-state index in [1.54, 1.807) is 30.5 Å². The Morgan fingerprint density at radius 1 is 0.907 bits per heavy atom. The number of aromatic amines is 1. The molecular formula is C34H26N2O7. The van der Waals surface area contributed by atoms with Gasteiger partial charge in [-0.25, -0.2) is 9.59 Å². The maximum Gasteiger partial charge on any atom is 0.408 e. The Kier molecular flexibility index (Phi) is 7.60. The predicted octanol–water partition coefficient (Wildman–Crippen LogP) is 6.09. The lowest BCUT2D eigenvalue weighted by Crippen LogP contribution is -2.44. The highest BCUT2D eigenvalue weighted by Gasteiger charge is 2.26. The highest BCUT2D eigenvalue weighted by molar-refractivity contribution is 5.89. The van der Waals surface area contributed by atoms with Crippen LogP contribution in [-0.4, -0.2) is 28.2 Å². The molecular weight excluding hydrogens is 548 g/mol. The molecule has 0 fully saturated rings. The van der Waals surface area contributed by atoms with Gasteiger partial charge < -0.3 is 29.3 Å². The van der Waals surface area contributed by atoms with E-state index in [1.807, 2.05) is 60.7 Å². The van der Waals surface area contributed by atoms with Gasteiger partial charge in [0.1, 0.15) is 40.9 Å². The number of carbonyl (C=O) groups excluding carboxylic acids is 2. The van der Waals surface area contributed by atoms with Gasteiger partial charge in [0, 0.05) is 47.3 Å². The van der Waals surface area contributed by atoms with Crippen molar-refractivity contribution in [2.45, 2.75) is 19.1 Å². The van der Waals surface area contributed by atoms with Crippen molar-refractivity contribution in [3.05, 3.63) is 131 Å². The first kappa shape index (κ1) is 27.3. The fraction of sp³-hybridized carbons (Fsp3) is 0.0882. The number of phenols is 1. The molecule has 4 aromatic carbocycles. The summed E-state index contributed by atoms with van der Waals surface area (Å²) in [5.74, 6) is -0.980. The fourth-order valence-corrected chi connectivity index (χ4v) is 4.86. The number of alkyl carbamates (subject to hydrolysis) is 1. The summed E-state index contributed by atoms with van der Waals surface area (Å²) in [4.78, 5) is 42.3. The molecule has 0 bridgehead atoms. The van der Waals surface area contributed by atoms with Crippen LogP contribution >= 0.6 is 0 Å². The molecule has 2 heterocycles. The molecule has 6 rings (SSSR count). The Hall–Kier alpha value is -5.83. The first-order chi connectivity index (χ1) is 20.9. The minimum Gasteiger partial charge on any atom is -0.507 e. The quantitative estimate of drug-likeness (QED) is 0.148. The van der Waals surface area contributed by atoms with Gasteiger partial charge in [-0.2, -0.15) is 0 Å². The van der Waals surface area contributed by atoms with Gasteiger partial charge in [-0.1, -0.05) is 78.9 Å². The van der Waals surface area contributed by atoms with E-state index in [0.29, 0.717) is 11.3 Å². The maximum atomic E-state index is 13.5. The smallest absolute Gasteiger partial charge is 0.408 e. The Balaban J connectivity index is 1.27. The number of esters is 1. The van der Waals surface area contributed by atoms with Crippen LogP contribution in [0.25, 0.3) is 33.2 Å². The van der Waals surface area contributed by atoms with E-state index in [1.165, 1.54) is 12.1 Å². The van der Waals surface area contributed by atoms with Crippen molar-refractivity contribution in [2.75, 3.05) is 0 Å². The average molecular weight is 575 g/mol. The Labute approximate surface area is 245 Å². The van der Waals surface area contributed by atoms with Crippen molar-refractivity contribution in [2.24, 2.45) is 0 Å². The number of aromatic hydroxyl groups is 1. The number of para-hydroxylation sites is 1. The second-order valence-corrected chi connectivity index (χ2v) is 9.90. The first-order valence-electron chi connectivity index (χ1n) is 13.5. The molecule has 0 saturated heterocycles. The number of aromatic nitrogens is 1. The third kappa shape index (κ3) is 6.11. The van der Waals surface area contributed by atoms with Gasteiger partial charge in [0.25, 0.3) is 0 Å². The van der Waals surface area contributed by atoms with Crippen LogP contribution in [0, 0.1) is 0 Å². The number of hydrogen-bond donors (Lipinski definition) is 3. The topological polar surface area (TPSA) is 131 Å². The van der Waals surface area contributed by atoms with Crippen molar-refractivity contribution >= 4 is 33.9 Å². The van der Waals surface area contributed by atoms with Gasteiger partial charge in [-0.3, -0.25) is 4.79 Å². The molecule has 0 aliphatic heterocycles. The third-order valence-corrected chi connectivity index (χ3v) is 6.95. The van der Waals surface area contributed by atoms with Crippen molar-refractivity contribution in [3.8, 4) is 22.8 Å². The Morgan fingerprint density at radius 3 is 2.42 bits per heavy atom. The standard InChI is InChI=1S/C34H26N2O7/c37-28-16-24(17-31-32(28)29(38)18-30(43-31)22-11-5-2-6-12-22)42-33(39)27(15-23-19-35-26-14-8-7-13-25(23)26)36-34(40)41-20-21-9-3-1-4-10-21/h1-14,16-19,27,35,37H,15,20H2,(H,36,40). The number of nitrogens with one attached hydrogen (secondary N) is 2. The second-order valence-electron chi connectivity index (χ2n) is 9.90. The molecule has 9 nitrogen and oxygen atoms in total. The highest BCUT2D eigenvalue weighted by Crippen LogP contribution is 2.31. The maximum absolute atomic E-state index is 13.5. The summed E-state index contributed by atoms with van der Waals surface area (Å²) in [5.41, 5.74) is 2.70. The minimum absolute atomic E-state index is 0.0167. The van der Waals surface area contributed by atoms with Gasteiger partial charge >= 0.3 is 12.1 Å². The fourth-order valence-electron chi connectivity index (χ4n) is 4.86. The van der Waals surface area contributed by atoms with E-state index in [-0.39, 0.29) is 29.7 Å². The lowest BCUT2D eigenvalue weighted by molar-refractivity contribution is -0.136. The van der Waals surface area contributed by atoms with E-state index in [4.69, 9.17) is 13.9 Å². The molecule has 6 aromatic rings. The Bertz CT molecular complexity index is 1980. The Morgan fingerprint density at radius 2 is 1.63 bits per heavy atom. The van der Waals surface area contributed by atoms with E-state index in [0.717, 1.165) is 28.1 Å². The number of H-pyrrole nitrogens is 1. The number of amides is 1. The highest BCUT2D eigenvalue weighted by atomic mass is 16.6. The lowest BCUT2D eigenvalue weighted by Gasteiger charge is -2.18. The molecule has 2 aromatic heterocycles. The molecule has 0 radical (unpaired) electrons. The van der Waals surface area contributed by atoms with Gasteiger partial charge in [0.15, 0.2) is 5.43 Å². The zero-order valence-electron chi connectivity index (χ0n) is 22.8. The zero-order chi connectivity index (χ0) is 29.8. The van der Waals surface area contributed by atoms with Crippen molar-refractivity contribution in [1.29, 1.82) is 0 Å². The molecule has 0 aliphatic rings. The average Bonchev–Trinajstić information content (AvgIpc) is 3.43. The molecule has 1 atom stereocenters. The molecule has 214 valence electrons. The summed E-state index contributed by atoms with van der Waals surface area (Å²) in [6, 6.07) is 28.4. The zero-order valence-corrected chi connectivity index (χ0v) is 22.8. The van der Waals surface area contributed by atoms with E-state index in [9.17, 15) is 19.5 Å². The molecule has 3 N–H and O–H groups in total. The molecule has 0 spiro atoms. The molecule has 0 saturated carbocycles. The second kappa shape index (κ2) is 12.0. The molecule has 1 amide bonds. The molecule has 43 heavy (non-hydrogen) atoms. The van der Waals surface area contributed by atoms with Gasteiger partial charge in [0.05, 0.1) is 0 Å². The number of carbonyl (C=O) groups is 2. The third-order valence-electron chi connectivity index (χ3n) is 6.95. The first-order valence-corrected chi connectivity index (χ1v) is 13.5. The van der Waals surface area contributed by atoms with Gasteiger partial charge in [0.2, 0.25) is 0 Å². The van der Waals surface area contributed by atoms with Crippen LogP contribution in [-0.2, 0) is 22.6 Å². The summed E-state index contributed by atoms with van der Waals surface area (Å²) < 4.78 is 16.9. The van der Waals surface area contributed by atoms with Crippen LogP contribution in [0.3, 0.4) is 0 Å². The van der Waals surface area contributed by atoms with Crippen molar-refractivity contribution in [1.82, 2.24) is 10.3 Å². The van der Waals surface area contributed by atoms with Crippen LogP contribution in [0.1, 0.15) is 11.1 Å². The van der Waals surface area contributed by atoms with Crippen LogP contribution in [0.15, 0.2) is 119 Å². The van der Waals surface area contributed by atoms with Crippen LogP contribution in [0.4, 0.5) is 4.79 Å². The summed E-state index contributed by atoms with van der Waals surface area (Å²) >= 11 is 0. The summed E-state index contributed by atoms with van der Waals surface area (Å²) in [7, 11) is 0. The normalized spacial score (nSPS) is 11.7. The monoisotopic (exact) mass is 574 g/mol. The number of fused-ring (bicyclic) bond motifs is 2. The van der Waals surface area contributed by atoms with Gasteiger partial charge in [-0.05, 0) is 17.2 Å². The van der Waals surface area contributed by atoms with Crippen LogP contribution < -0.4 is 15.5 Å². The number of ether oxygens (including phenoxy) is 2. The summed E-state index contributed by atoms with van der Waals surface area (Å²) in [6.07, 6.45) is 1.06. The SMILES string of the molecule is O=C(NC(Cc1c[nH]c2ccccc12)C(=O)Oc1cc(O)c2c(=O)cc(-c3ccccc3)oc2c1)OCc1ccccc1. The minimum atomic E-state index is -1.15. The van der Waals surface area contributed by atoms with Crippen LogP contribution in [0.2, 0.25) is 0 Å². The number of hydrogen-bond acceptors (Lipinski definition) is 7. The number of benzene rings is 4. The molecule has 0 aliphatic carbocycles. The summed E-state index contributed by atoms with van der Waals surface area (Å²) in [6.45, 7) is 0.0167. The predicted molar refractivity (Wildman–Crippen MR) is 161 cm³/mol. The largest absolute Gasteiger partial charge is 0.507 e. The van der Waals surface area contributed by atoms with Crippen molar-refractivity contribution in [3.63, 3.8) is 0 Å². The van der Waals surface area contributed by atoms with E-state index < -0.39 is 29.3 Å². The van der Waals surface area contributed by atoms with Gasteiger partial charge in [-0.15, -0.1) is 0 Å². The molecule has 9 heteroatoms. The molecule has 1 unspecified atom stereocenters. The lowest BCUT2D eigenvalue weighted by atomic mass is 10.1. The van der Waals surface area contributed by atoms with Crippen LogP contribution in [0.5, 0.6) is 11.5 Å². The van der Waals surface area contributed by atoms with E-state index >= 15 is 0 Å².